The maximum Gasteiger partial charge on any atom is 0.265 e. The SMILES string of the molecule is Cn1cc(N)cc1C(N)=O. The van der Waals surface area contributed by atoms with E-state index in [1.165, 1.54) is 0 Å². The molecule has 0 fully saturated rings. The molecule has 0 aliphatic rings. The van der Waals surface area contributed by atoms with Crippen molar-refractivity contribution in [2.24, 2.45) is 12.8 Å². The fourth-order valence-corrected chi connectivity index (χ4v) is 0.835. The topological polar surface area (TPSA) is 74.0 Å². The lowest BCUT2D eigenvalue weighted by molar-refractivity contribution is 0.0992. The monoisotopic (exact) mass is 139 g/mol. The average Bonchev–Trinajstić information content (AvgIpc) is 2.10. The van der Waals surface area contributed by atoms with Gasteiger partial charge in [0.1, 0.15) is 5.69 Å². The highest BCUT2D eigenvalue weighted by Gasteiger charge is 2.04. The highest BCUT2D eigenvalue weighted by Crippen LogP contribution is 2.06. The number of anilines is 1. The third kappa shape index (κ3) is 0.953. The zero-order valence-corrected chi connectivity index (χ0v) is 5.66. The van der Waals surface area contributed by atoms with E-state index in [0.29, 0.717) is 11.4 Å². The summed E-state index contributed by atoms with van der Waals surface area (Å²) in [5, 5.41) is 0. The molecule has 0 aliphatic carbocycles. The molecule has 1 rings (SSSR count). The second kappa shape index (κ2) is 2.06. The van der Waals surface area contributed by atoms with Crippen LogP contribution in [0.5, 0.6) is 0 Å². The largest absolute Gasteiger partial charge is 0.397 e. The Hall–Kier alpha value is -1.45. The molecule has 0 unspecified atom stereocenters. The quantitative estimate of drug-likeness (QED) is 0.560. The third-order valence-corrected chi connectivity index (χ3v) is 1.28. The molecular formula is C6H9N3O. The summed E-state index contributed by atoms with van der Waals surface area (Å²) < 4.78 is 1.59. The third-order valence-electron chi connectivity index (χ3n) is 1.28. The minimum absolute atomic E-state index is 0.428. The van der Waals surface area contributed by atoms with Gasteiger partial charge >= 0.3 is 0 Å². The standard InChI is InChI=1S/C6H9N3O/c1-9-3-4(7)2-5(9)6(8)10/h2-3H,7H2,1H3,(H2,8,10). The first-order valence-electron chi connectivity index (χ1n) is 2.83. The van der Waals surface area contributed by atoms with Crippen molar-refractivity contribution in [2.75, 3.05) is 5.73 Å². The van der Waals surface area contributed by atoms with Gasteiger partial charge in [-0.05, 0) is 6.07 Å². The number of hydrogen-bond donors (Lipinski definition) is 2. The van der Waals surface area contributed by atoms with Gasteiger partial charge in [0.2, 0.25) is 0 Å². The molecule has 1 amide bonds. The molecule has 1 heterocycles. The first kappa shape index (κ1) is 6.67. The second-order valence-corrected chi connectivity index (χ2v) is 2.13. The Balaban J connectivity index is 3.15. The number of nitrogen functional groups attached to an aromatic ring is 1. The summed E-state index contributed by atoms with van der Waals surface area (Å²) in [4.78, 5) is 10.6. The van der Waals surface area contributed by atoms with Gasteiger partial charge < -0.3 is 16.0 Å². The van der Waals surface area contributed by atoms with Crippen LogP contribution in [0, 0.1) is 0 Å². The van der Waals surface area contributed by atoms with Crippen LogP contribution in [-0.2, 0) is 7.05 Å². The van der Waals surface area contributed by atoms with Gasteiger partial charge in [0.05, 0.1) is 5.69 Å². The van der Waals surface area contributed by atoms with Gasteiger partial charge in [0, 0.05) is 13.2 Å². The van der Waals surface area contributed by atoms with Crippen molar-refractivity contribution in [3.63, 3.8) is 0 Å². The highest BCUT2D eigenvalue weighted by atomic mass is 16.1. The van der Waals surface area contributed by atoms with E-state index in [4.69, 9.17) is 11.5 Å². The van der Waals surface area contributed by atoms with E-state index in [1.807, 2.05) is 0 Å². The Morgan fingerprint density at radius 2 is 2.30 bits per heavy atom. The van der Waals surface area contributed by atoms with Crippen LogP contribution in [0.1, 0.15) is 10.5 Å². The molecule has 0 spiro atoms. The summed E-state index contributed by atoms with van der Waals surface area (Å²) in [6.07, 6.45) is 1.64. The Morgan fingerprint density at radius 1 is 1.70 bits per heavy atom. The van der Waals surface area contributed by atoms with Crippen LogP contribution in [0.25, 0.3) is 0 Å². The Morgan fingerprint density at radius 3 is 2.50 bits per heavy atom. The molecule has 0 atom stereocenters. The van der Waals surface area contributed by atoms with E-state index in [9.17, 15) is 4.79 Å². The molecule has 0 radical (unpaired) electrons. The summed E-state index contributed by atoms with van der Waals surface area (Å²) in [5.41, 5.74) is 11.4. The lowest BCUT2D eigenvalue weighted by atomic mass is 10.4. The van der Waals surface area contributed by atoms with Crippen molar-refractivity contribution >= 4 is 11.6 Å². The molecule has 4 N–H and O–H groups in total. The summed E-state index contributed by atoms with van der Waals surface area (Å²) >= 11 is 0. The first-order chi connectivity index (χ1) is 4.61. The maximum absolute atomic E-state index is 10.6. The smallest absolute Gasteiger partial charge is 0.265 e. The number of carbonyl (C=O) groups excluding carboxylic acids is 1. The van der Waals surface area contributed by atoms with Gasteiger partial charge in [0.25, 0.3) is 5.91 Å². The van der Waals surface area contributed by atoms with E-state index in [2.05, 4.69) is 0 Å². The molecule has 1 aromatic rings. The van der Waals surface area contributed by atoms with E-state index >= 15 is 0 Å². The minimum atomic E-state index is -0.459. The number of aromatic nitrogens is 1. The van der Waals surface area contributed by atoms with Crippen LogP contribution in [0.4, 0.5) is 5.69 Å². The predicted octanol–water partition coefficient (Wildman–Crippen LogP) is -0.294. The zero-order valence-electron chi connectivity index (χ0n) is 5.66. The van der Waals surface area contributed by atoms with Crippen LogP contribution in [0.3, 0.4) is 0 Å². The van der Waals surface area contributed by atoms with Crippen molar-refractivity contribution in [1.29, 1.82) is 0 Å². The highest BCUT2D eigenvalue weighted by molar-refractivity contribution is 5.92. The molecule has 0 aromatic carbocycles. The van der Waals surface area contributed by atoms with Crippen molar-refractivity contribution < 1.29 is 4.79 Å². The minimum Gasteiger partial charge on any atom is -0.397 e. The fraction of sp³-hybridized carbons (Fsp3) is 0.167. The summed E-state index contributed by atoms with van der Waals surface area (Å²) in [6, 6.07) is 1.54. The molecule has 4 heteroatoms. The van der Waals surface area contributed by atoms with Crippen molar-refractivity contribution in [2.45, 2.75) is 0 Å². The van der Waals surface area contributed by atoms with Crippen molar-refractivity contribution in [3.8, 4) is 0 Å². The number of amides is 1. The van der Waals surface area contributed by atoms with Crippen LogP contribution in [0.15, 0.2) is 12.3 Å². The normalized spacial score (nSPS) is 9.70. The number of carbonyl (C=O) groups is 1. The second-order valence-electron chi connectivity index (χ2n) is 2.13. The van der Waals surface area contributed by atoms with Crippen molar-refractivity contribution in [1.82, 2.24) is 4.57 Å². The molecule has 1 aromatic heterocycles. The average molecular weight is 139 g/mol. The van der Waals surface area contributed by atoms with Gasteiger partial charge in [-0.15, -0.1) is 0 Å². The molecule has 0 bridgehead atoms. The van der Waals surface area contributed by atoms with E-state index in [1.54, 1.807) is 23.9 Å². The van der Waals surface area contributed by atoms with Gasteiger partial charge in [-0.1, -0.05) is 0 Å². The number of nitrogens with two attached hydrogens (primary N) is 2. The lowest BCUT2D eigenvalue weighted by Gasteiger charge is -1.93. The van der Waals surface area contributed by atoms with Gasteiger partial charge in [-0.3, -0.25) is 4.79 Å². The molecule has 10 heavy (non-hydrogen) atoms. The molecule has 4 nitrogen and oxygen atoms in total. The Labute approximate surface area is 58.4 Å². The molecular weight excluding hydrogens is 130 g/mol. The molecule has 0 aliphatic heterocycles. The van der Waals surface area contributed by atoms with Crippen LogP contribution in [-0.4, -0.2) is 10.5 Å². The summed E-state index contributed by atoms with van der Waals surface area (Å²) in [5.74, 6) is -0.459. The predicted molar refractivity (Wildman–Crippen MR) is 38.3 cm³/mol. The number of primary amides is 1. The molecule has 0 saturated carbocycles. The van der Waals surface area contributed by atoms with Crippen LogP contribution in [0.2, 0.25) is 0 Å². The summed E-state index contributed by atoms with van der Waals surface area (Å²) in [7, 11) is 1.72. The van der Waals surface area contributed by atoms with Crippen LogP contribution < -0.4 is 11.5 Å². The number of hydrogen-bond acceptors (Lipinski definition) is 2. The van der Waals surface area contributed by atoms with E-state index < -0.39 is 5.91 Å². The number of aryl methyl sites for hydroxylation is 1. The molecule has 0 saturated heterocycles. The van der Waals surface area contributed by atoms with Gasteiger partial charge in [0.15, 0.2) is 0 Å². The summed E-state index contributed by atoms with van der Waals surface area (Å²) in [6.45, 7) is 0. The Kier molecular flexibility index (Phi) is 1.37. The fourth-order valence-electron chi connectivity index (χ4n) is 0.835. The number of rotatable bonds is 1. The van der Waals surface area contributed by atoms with Crippen LogP contribution >= 0.6 is 0 Å². The molecule has 54 valence electrons. The van der Waals surface area contributed by atoms with Gasteiger partial charge in [-0.25, -0.2) is 0 Å². The van der Waals surface area contributed by atoms with Crippen molar-refractivity contribution in [3.05, 3.63) is 18.0 Å². The van der Waals surface area contributed by atoms with Gasteiger partial charge in [-0.2, -0.15) is 0 Å². The number of nitrogens with zero attached hydrogens (tertiary/aromatic N) is 1. The Bertz CT molecular complexity index is 264. The van der Waals surface area contributed by atoms with E-state index in [-0.39, 0.29) is 0 Å². The maximum atomic E-state index is 10.6. The van der Waals surface area contributed by atoms with E-state index in [0.717, 1.165) is 0 Å². The lowest BCUT2D eigenvalue weighted by Crippen LogP contribution is -2.14. The zero-order chi connectivity index (χ0) is 7.72. The first-order valence-corrected chi connectivity index (χ1v) is 2.83.